The number of rotatable bonds is 6. The zero-order valence-electron chi connectivity index (χ0n) is 9.38. The molecule has 0 saturated carbocycles. The minimum atomic E-state index is -0.605. The van der Waals surface area contributed by atoms with Crippen LogP contribution in [0.1, 0.15) is 33.1 Å². The van der Waals surface area contributed by atoms with Crippen LogP contribution in [0.2, 0.25) is 0 Å². The van der Waals surface area contributed by atoms with Crippen molar-refractivity contribution in [2.45, 2.75) is 38.7 Å². The first-order valence-electron chi connectivity index (χ1n) is 5.71. The molecule has 0 spiro atoms. The monoisotopic (exact) mass is 201 g/mol. The molecule has 1 rings (SSSR count). The maximum Gasteiger partial charge on any atom is 0.102 e. The number of hydrogen-bond donors (Lipinski definition) is 2. The van der Waals surface area contributed by atoms with Crippen molar-refractivity contribution >= 4 is 0 Å². The molecule has 3 nitrogen and oxygen atoms in total. The molecular formula is C11H23NO2. The van der Waals surface area contributed by atoms with Crippen molar-refractivity contribution in [3.8, 4) is 0 Å². The Hall–Kier alpha value is -0.120. The summed E-state index contributed by atoms with van der Waals surface area (Å²) in [5, 5.41) is 13.3. The lowest BCUT2D eigenvalue weighted by Gasteiger charge is -2.22. The first kappa shape index (κ1) is 12.0. The van der Waals surface area contributed by atoms with E-state index < -0.39 is 5.60 Å². The van der Waals surface area contributed by atoms with Crippen LogP contribution in [0.4, 0.5) is 0 Å². The molecule has 1 aliphatic rings. The summed E-state index contributed by atoms with van der Waals surface area (Å²) in [5.74, 6) is 0.737. The highest BCUT2D eigenvalue weighted by atomic mass is 16.5. The van der Waals surface area contributed by atoms with Gasteiger partial charge in [0.2, 0.25) is 0 Å². The largest absolute Gasteiger partial charge is 0.386 e. The maximum atomic E-state index is 9.96. The molecule has 1 atom stereocenters. The molecule has 14 heavy (non-hydrogen) atoms. The van der Waals surface area contributed by atoms with Crippen LogP contribution >= 0.6 is 0 Å². The Bertz CT molecular complexity index is 151. The zero-order chi connectivity index (χ0) is 10.4. The van der Waals surface area contributed by atoms with Gasteiger partial charge in [-0.3, -0.25) is 0 Å². The van der Waals surface area contributed by atoms with Crippen molar-refractivity contribution in [2.75, 3.05) is 26.3 Å². The lowest BCUT2D eigenvalue weighted by molar-refractivity contribution is 0.0264. The van der Waals surface area contributed by atoms with E-state index >= 15 is 0 Å². The minimum absolute atomic E-state index is 0.489. The second kappa shape index (κ2) is 5.69. The fourth-order valence-corrected chi connectivity index (χ4v) is 1.82. The van der Waals surface area contributed by atoms with Gasteiger partial charge in [-0.25, -0.2) is 0 Å². The topological polar surface area (TPSA) is 41.5 Å². The van der Waals surface area contributed by atoms with E-state index in [0.717, 1.165) is 18.9 Å². The summed E-state index contributed by atoms with van der Waals surface area (Å²) in [5.41, 5.74) is -0.605. The van der Waals surface area contributed by atoms with Crippen molar-refractivity contribution < 1.29 is 9.84 Å². The van der Waals surface area contributed by atoms with Crippen LogP contribution in [-0.2, 0) is 4.74 Å². The third kappa shape index (κ3) is 3.56. The smallest absolute Gasteiger partial charge is 0.102 e. The predicted molar refractivity (Wildman–Crippen MR) is 57.3 cm³/mol. The van der Waals surface area contributed by atoms with Gasteiger partial charge in [0.15, 0.2) is 0 Å². The molecule has 84 valence electrons. The normalized spacial score (nSPS) is 27.4. The lowest BCUT2D eigenvalue weighted by Crippen LogP contribution is -2.42. The minimum Gasteiger partial charge on any atom is -0.386 e. The van der Waals surface area contributed by atoms with Gasteiger partial charge in [-0.2, -0.15) is 0 Å². The molecule has 1 heterocycles. The molecule has 0 aromatic heterocycles. The molecule has 1 unspecified atom stereocenters. The molecule has 1 saturated heterocycles. The first-order chi connectivity index (χ1) is 6.70. The van der Waals surface area contributed by atoms with Crippen molar-refractivity contribution in [3.05, 3.63) is 0 Å². The standard InChI is InChI=1S/C11H23NO2/c1-3-10(4-2)7-12-8-11(13)5-6-14-9-11/h10,12-13H,3-9H2,1-2H3. The highest BCUT2D eigenvalue weighted by molar-refractivity contribution is 4.84. The van der Waals surface area contributed by atoms with E-state index in [4.69, 9.17) is 4.74 Å². The molecule has 3 heteroatoms. The Morgan fingerprint density at radius 3 is 2.64 bits per heavy atom. The zero-order valence-corrected chi connectivity index (χ0v) is 9.38. The molecular weight excluding hydrogens is 178 g/mol. The summed E-state index contributed by atoms with van der Waals surface area (Å²) < 4.78 is 5.18. The van der Waals surface area contributed by atoms with E-state index in [0.29, 0.717) is 19.8 Å². The van der Waals surface area contributed by atoms with Crippen LogP contribution in [0, 0.1) is 5.92 Å². The molecule has 1 fully saturated rings. The Kier molecular flexibility index (Phi) is 4.85. The van der Waals surface area contributed by atoms with E-state index in [2.05, 4.69) is 19.2 Å². The van der Waals surface area contributed by atoms with Crippen LogP contribution in [-0.4, -0.2) is 37.0 Å². The molecule has 1 aliphatic heterocycles. The summed E-state index contributed by atoms with van der Waals surface area (Å²) in [7, 11) is 0. The molecule has 0 amide bonds. The van der Waals surface area contributed by atoms with Gasteiger partial charge in [-0.05, 0) is 12.5 Å². The van der Waals surface area contributed by atoms with E-state index in [1.807, 2.05) is 0 Å². The number of aliphatic hydroxyl groups is 1. The Balaban J connectivity index is 2.13. The Labute approximate surface area is 86.8 Å². The SMILES string of the molecule is CCC(CC)CNCC1(O)CCOC1. The number of hydrogen-bond acceptors (Lipinski definition) is 3. The van der Waals surface area contributed by atoms with E-state index in [-0.39, 0.29) is 0 Å². The summed E-state index contributed by atoms with van der Waals surface area (Å²) >= 11 is 0. The highest BCUT2D eigenvalue weighted by Crippen LogP contribution is 2.17. The summed E-state index contributed by atoms with van der Waals surface area (Å²) in [6.45, 7) is 7.29. The van der Waals surface area contributed by atoms with Crippen molar-refractivity contribution in [1.82, 2.24) is 5.32 Å². The van der Waals surface area contributed by atoms with E-state index in [9.17, 15) is 5.11 Å². The quantitative estimate of drug-likeness (QED) is 0.677. The third-order valence-electron chi connectivity index (χ3n) is 3.12. The molecule has 0 aliphatic carbocycles. The van der Waals surface area contributed by atoms with Crippen LogP contribution < -0.4 is 5.32 Å². The van der Waals surface area contributed by atoms with Gasteiger partial charge < -0.3 is 15.2 Å². The molecule has 2 N–H and O–H groups in total. The molecule has 0 radical (unpaired) electrons. The summed E-state index contributed by atoms with van der Waals surface area (Å²) in [6, 6.07) is 0. The van der Waals surface area contributed by atoms with Crippen LogP contribution in [0.3, 0.4) is 0 Å². The summed E-state index contributed by atoms with van der Waals surface area (Å²) in [4.78, 5) is 0. The maximum absolute atomic E-state index is 9.96. The van der Waals surface area contributed by atoms with Crippen molar-refractivity contribution in [2.24, 2.45) is 5.92 Å². The fourth-order valence-electron chi connectivity index (χ4n) is 1.82. The molecule has 0 aromatic carbocycles. The van der Waals surface area contributed by atoms with Crippen molar-refractivity contribution in [1.29, 1.82) is 0 Å². The Morgan fingerprint density at radius 1 is 1.43 bits per heavy atom. The lowest BCUT2D eigenvalue weighted by atomic mass is 10.0. The number of nitrogens with one attached hydrogen (secondary N) is 1. The van der Waals surface area contributed by atoms with Gasteiger partial charge in [-0.15, -0.1) is 0 Å². The predicted octanol–water partition coefficient (Wildman–Crippen LogP) is 1.16. The van der Waals surface area contributed by atoms with Gasteiger partial charge in [0.05, 0.1) is 6.61 Å². The van der Waals surface area contributed by atoms with Gasteiger partial charge in [0.1, 0.15) is 5.60 Å². The van der Waals surface area contributed by atoms with Gasteiger partial charge in [0, 0.05) is 19.6 Å². The van der Waals surface area contributed by atoms with Crippen LogP contribution in [0.25, 0.3) is 0 Å². The van der Waals surface area contributed by atoms with E-state index in [1.165, 1.54) is 12.8 Å². The van der Waals surface area contributed by atoms with Crippen LogP contribution in [0.5, 0.6) is 0 Å². The van der Waals surface area contributed by atoms with Crippen molar-refractivity contribution in [3.63, 3.8) is 0 Å². The van der Waals surface area contributed by atoms with Gasteiger partial charge in [-0.1, -0.05) is 26.7 Å². The molecule has 0 aromatic rings. The average molecular weight is 201 g/mol. The first-order valence-corrected chi connectivity index (χ1v) is 5.71. The molecule has 0 bridgehead atoms. The number of ether oxygens (including phenoxy) is 1. The second-order valence-corrected chi connectivity index (χ2v) is 4.34. The van der Waals surface area contributed by atoms with Gasteiger partial charge in [0.25, 0.3) is 0 Å². The third-order valence-corrected chi connectivity index (χ3v) is 3.12. The van der Waals surface area contributed by atoms with E-state index in [1.54, 1.807) is 0 Å². The van der Waals surface area contributed by atoms with Gasteiger partial charge >= 0.3 is 0 Å². The second-order valence-electron chi connectivity index (χ2n) is 4.34. The fraction of sp³-hybridized carbons (Fsp3) is 1.00. The highest BCUT2D eigenvalue weighted by Gasteiger charge is 2.31. The van der Waals surface area contributed by atoms with Crippen LogP contribution in [0.15, 0.2) is 0 Å². The summed E-state index contributed by atoms with van der Waals surface area (Å²) in [6.07, 6.45) is 3.18. The average Bonchev–Trinajstić information content (AvgIpc) is 2.60. The Morgan fingerprint density at radius 2 is 2.14 bits per heavy atom.